The van der Waals surface area contributed by atoms with Crippen molar-refractivity contribution < 1.29 is 24.2 Å². The molecule has 3 aromatic rings. The summed E-state index contributed by atoms with van der Waals surface area (Å²) in [6, 6.07) is 8.84. The Labute approximate surface area is 178 Å². The highest BCUT2D eigenvalue weighted by Gasteiger charge is 2.25. The highest BCUT2D eigenvalue weighted by atomic mass is 16.7. The molecule has 1 atom stereocenters. The van der Waals surface area contributed by atoms with Gasteiger partial charge >= 0.3 is 12.1 Å². The van der Waals surface area contributed by atoms with Crippen LogP contribution in [0.5, 0.6) is 0 Å². The number of carboxylic acids is 1. The molecule has 0 aliphatic rings. The van der Waals surface area contributed by atoms with Crippen LogP contribution in [0.2, 0.25) is 0 Å². The number of aromatic carboxylic acids is 1. The molecule has 1 N–H and O–H groups in total. The van der Waals surface area contributed by atoms with E-state index in [4.69, 9.17) is 9.47 Å². The molecule has 2 heterocycles. The van der Waals surface area contributed by atoms with E-state index in [1.807, 2.05) is 19.9 Å². The lowest BCUT2D eigenvalue weighted by atomic mass is 9.96. The molecule has 31 heavy (non-hydrogen) atoms. The average Bonchev–Trinajstić information content (AvgIpc) is 3.11. The molecule has 0 aliphatic heterocycles. The van der Waals surface area contributed by atoms with Gasteiger partial charge in [-0.05, 0) is 45.9 Å². The second-order valence-electron chi connectivity index (χ2n) is 7.10. The smallest absolute Gasteiger partial charge is 0.478 e. The van der Waals surface area contributed by atoms with Crippen molar-refractivity contribution in [1.82, 2.24) is 14.8 Å². The number of carbonyl (C=O) groups excluding carboxylic acids is 1. The zero-order chi connectivity index (χ0) is 22.7. The van der Waals surface area contributed by atoms with E-state index in [0.717, 1.165) is 5.52 Å². The average molecular weight is 422 g/mol. The first-order chi connectivity index (χ1) is 14.8. The lowest BCUT2D eigenvalue weighted by Crippen LogP contribution is -2.15. The topological polar surface area (TPSA) is 127 Å². The van der Waals surface area contributed by atoms with E-state index in [1.54, 1.807) is 30.7 Å². The summed E-state index contributed by atoms with van der Waals surface area (Å²) in [5, 5.41) is 24.2. The van der Waals surface area contributed by atoms with Crippen LogP contribution in [0, 0.1) is 11.3 Å². The van der Waals surface area contributed by atoms with E-state index in [2.05, 4.69) is 16.2 Å². The van der Waals surface area contributed by atoms with Crippen LogP contribution in [-0.4, -0.2) is 38.6 Å². The Kier molecular flexibility index (Phi) is 6.20. The van der Waals surface area contributed by atoms with Crippen molar-refractivity contribution in [2.45, 2.75) is 39.8 Å². The number of aromatic nitrogens is 3. The Hall–Kier alpha value is -3.93. The molecule has 0 aliphatic carbocycles. The third-order valence-corrected chi connectivity index (χ3v) is 4.74. The highest BCUT2D eigenvalue weighted by Crippen LogP contribution is 2.34. The van der Waals surface area contributed by atoms with Crippen molar-refractivity contribution in [1.29, 1.82) is 5.26 Å². The van der Waals surface area contributed by atoms with Gasteiger partial charge in [-0.25, -0.2) is 9.59 Å². The van der Waals surface area contributed by atoms with Crippen LogP contribution in [0.4, 0.5) is 4.79 Å². The third-order valence-electron chi connectivity index (χ3n) is 4.74. The monoisotopic (exact) mass is 422 g/mol. The highest BCUT2D eigenvalue weighted by molar-refractivity contribution is 5.93. The van der Waals surface area contributed by atoms with Crippen LogP contribution in [0.25, 0.3) is 22.2 Å². The minimum atomic E-state index is -1.18. The van der Waals surface area contributed by atoms with Gasteiger partial charge in [-0.2, -0.15) is 10.4 Å². The van der Waals surface area contributed by atoms with Crippen molar-refractivity contribution in [2.75, 3.05) is 6.61 Å². The Morgan fingerprint density at radius 3 is 2.61 bits per heavy atom. The first kappa shape index (κ1) is 21.8. The molecule has 0 spiro atoms. The van der Waals surface area contributed by atoms with Gasteiger partial charge in [-0.1, -0.05) is 6.07 Å². The lowest BCUT2D eigenvalue weighted by molar-refractivity contribution is 0.0308. The number of carboxylic acid groups (broad SMARTS) is 1. The lowest BCUT2D eigenvalue weighted by Gasteiger charge is -2.18. The maximum atomic E-state index is 11.9. The molecule has 160 valence electrons. The molecule has 0 saturated carbocycles. The van der Waals surface area contributed by atoms with Crippen LogP contribution in [0.15, 0.2) is 30.5 Å². The number of rotatable bonds is 6. The van der Waals surface area contributed by atoms with E-state index in [1.165, 1.54) is 12.3 Å². The molecule has 0 radical (unpaired) electrons. The van der Waals surface area contributed by atoms with Gasteiger partial charge in [0, 0.05) is 28.8 Å². The summed E-state index contributed by atoms with van der Waals surface area (Å²) < 4.78 is 11.8. The summed E-state index contributed by atoms with van der Waals surface area (Å²) in [5.41, 5.74) is 2.14. The molecule has 9 nitrogen and oxygen atoms in total. The van der Waals surface area contributed by atoms with Crippen LogP contribution in [-0.2, 0) is 9.47 Å². The van der Waals surface area contributed by atoms with Crippen molar-refractivity contribution >= 4 is 23.0 Å². The summed E-state index contributed by atoms with van der Waals surface area (Å²) in [4.78, 5) is 28.0. The number of hydrogen-bond acceptors (Lipinski definition) is 7. The molecule has 0 fully saturated rings. The van der Waals surface area contributed by atoms with Gasteiger partial charge < -0.3 is 14.6 Å². The van der Waals surface area contributed by atoms with Crippen LogP contribution >= 0.6 is 0 Å². The second kappa shape index (κ2) is 8.83. The molecule has 3 rings (SSSR count). The zero-order valence-electron chi connectivity index (χ0n) is 17.6. The van der Waals surface area contributed by atoms with Gasteiger partial charge in [-0.3, -0.25) is 9.67 Å². The molecule has 2 aromatic heterocycles. The van der Waals surface area contributed by atoms with Gasteiger partial charge in [0.25, 0.3) is 0 Å². The summed E-state index contributed by atoms with van der Waals surface area (Å²) in [6.45, 7) is 7.26. The Balaban J connectivity index is 2.19. The van der Waals surface area contributed by atoms with Crippen molar-refractivity contribution in [3.8, 4) is 17.3 Å². The number of pyridine rings is 1. The minimum absolute atomic E-state index is 0.0414. The number of benzene rings is 1. The fourth-order valence-electron chi connectivity index (χ4n) is 3.42. The summed E-state index contributed by atoms with van der Waals surface area (Å²) >= 11 is 0. The van der Waals surface area contributed by atoms with E-state index in [9.17, 15) is 20.0 Å². The van der Waals surface area contributed by atoms with Crippen LogP contribution in [0.3, 0.4) is 0 Å². The predicted octanol–water partition coefficient (Wildman–Crippen LogP) is 4.48. The Morgan fingerprint density at radius 1 is 1.26 bits per heavy atom. The predicted molar refractivity (Wildman–Crippen MR) is 112 cm³/mol. The quantitative estimate of drug-likeness (QED) is 0.576. The molecule has 0 amide bonds. The first-order valence-electron chi connectivity index (χ1n) is 9.76. The fourth-order valence-corrected chi connectivity index (χ4v) is 3.42. The fraction of sp³-hybridized carbons (Fsp3) is 0.318. The molecule has 1 aromatic carbocycles. The van der Waals surface area contributed by atoms with Crippen molar-refractivity contribution in [3.05, 3.63) is 47.3 Å². The van der Waals surface area contributed by atoms with E-state index >= 15 is 0 Å². The number of nitrogens with zero attached hydrogens (tertiary/aromatic N) is 4. The van der Waals surface area contributed by atoms with E-state index in [-0.39, 0.29) is 29.5 Å². The Morgan fingerprint density at radius 2 is 2.00 bits per heavy atom. The molecular weight excluding hydrogens is 400 g/mol. The summed E-state index contributed by atoms with van der Waals surface area (Å²) in [5.74, 6) is -1.18. The summed E-state index contributed by atoms with van der Waals surface area (Å²) in [7, 11) is 0. The van der Waals surface area contributed by atoms with Crippen molar-refractivity contribution in [2.24, 2.45) is 0 Å². The zero-order valence-corrected chi connectivity index (χ0v) is 17.6. The number of fused-ring (bicyclic) bond motifs is 1. The van der Waals surface area contributed by atoms with E-state index < -0.39 is 18.2 Å². The summed E-state index contributed by atoms with van der Waals surface area (Å²) in [6.07, 6.45) is -0.452. The minimum Gasteiger partial charge on any atom is -0.478 e. The van der Waals surface area contributed by atoms with Gasteiger partial charge in [0.05, 0.1) is 23.4 Å². The Bertz CT molecular complexity index is 1190. The molecule has 0 saturated heterocycles. The molecule has 9 heteroatoms. The van der Waals surface area contributed by atoms with Crippen LogP contribution < -0.4 is 0 Å². The standard InChI is InChI=1S/C22H22N4O5/c1-5-30-22(29)31-13(4)19-15(21(27)28)8-9-24-20(19)14-6-7-18-16(10-14)17(11-23)25-26(18)12(2)3/h6-10,12-13H,5H2,1-4H3,(H,27,28). The normalized spacial score (nSPS) is 11.9. The number of nitriles is 1. The number of ether oxygens (including phenoxy) is 2. The molecule has 0 bridgehead atoms. The third kappa shape index (κ3) is 4.19. The first-order valence-corrected chi connectivity index (χ1v) is 9.76. The SMILES string of the molecule is CCOC(=O)OC(C)c1c(C(=O)O)ccnc1-c1ccc2c(c1)c(C#N)nn2C(C)C. The number of carbonyl (C=O) groups is 2. The largest absolute Gasteiger partial charge is 0.508 e. The second-order valence-corrected chi connectivity index (χ2v) is 7.10. The van der Waals surface area contributed by atoms with Crippen molar-refractivity contribution in [3.63, 3.8) is 0 Å². The van der Waals surface area contributed by atoms with Gasteiger partial charge in [0.1, 0.15) is 12.2 Å². The maximum Gasteiger partial charge on any atom is 0.508 e. The maximum absolute atomic E-state index is 11.9. The molecular formula is C22H22N4O5. The van der Waals surface area contributed by atoms with E-state index in [0.29, 0.717) is 16.6 Å². The van der Waals surface area contributed by atoms with Crippen LogP contribution in [0.1, 0.15) is 61.5 Å². The van der Waals surface area contributed by atoms with Gasteiger partial charge in [0.15, 0.2) is 5.69 Å². The molecule has 1 unspecified atom stereocenters. The van der Waals surface area contributed by atoms with Gasteiger partial charge in [0.2, 0.25) is 0 Å². The van der Waals surface area contributed by atoms with Gasteiger partial charge in [-0.15, -0.1) is 0 Å². The number of hydrogen-bond donors (Lipinski definition) is 1.